The molecule has 1 N–H and O–H groups in total. The summed E-state index contributed by atoms with van der Waals surface area (Å²) in [6.45, 7) is 3.36. The van der Waals surface area contributed by atoms with Crippen LogP contribution >= 0.6 is 0 Å². The third-order valence-electron chi connectivity index (χ3n) is 4.44. The summed E-state index contributed by atoms with van der Waals surface area (Å²) in [5.41, 5.74) is -0.217. The number of likely N-dealkylation sites (tertiary alicyclic amines) is 1. The number of aliphatic hydroxyl groups is 1. The van der Waals surface area contributed by atoms with E-state index in [1.807, 2.05) is 0 Å². The number of aliphatic hydroxyl groups excluding tert-OH is 1. The quantitative estimate of drug-likeness (QED) is 0.825. The van der Waals surface area contributed by atoms with Gasteiger partial charge < -0.3 is 14.7 Å². The molecule has 0 radical (unpaired) electrons. The van der Waals surface area contributed by atoms with Gasteiger partial charge in [0.15, 0.2) is 0 Å². The van der Waals surface area contributed by atoms with Gasteiger partial charge in [-0.25, -0.2) is 4.79 Å². The first kappa shape index (κ1) is 13.7. The number of nitrogens with zero attached hydrogens (tertiary/aromatic N) is 1. The summed E-state index contributed by atoms with van der Waals surface area (Å²) in [5.74, 6) is 0. The molecule has 0 aromatic rings. The monoisotopic (exact) mass is 255 g/mol. The predicted molar refractivity (Wildman–Crippen MR) is 69.4 cm³/mol. The van der Waals surface area contributed by atoms with Crippen molar-refractivity contribution in [2.45, 2.75) is 70.0 Å². The Morgan fingerprint density at radius 3 is 2.44 bits per heavy atom. The molecule has 0 spiro atoms. The minimum atomic E-state index is -0.246. The second kappa shape index (κ2) is 5.91. The Bertz CT molecular complexity index is 279. The molecule has 1 aliphatic heterocycles. The Kier molecular flexibility index (Phi) is 4.49. The maximum absolute atomic E-state index is 12.2. The van der Waals surface area contributed by atoms with Gasteiger partial charge in [-0.2, -0.15) is 0 Å². The third-order valence-corrected chi connectivity index (χ3v) is 4.44. The van der Waals surface area contributed by atoms with Crippen molar-refractivity contribution in [2.24, 2.45) is 0 Å². The molecule has 0 bridgehead atoms. The molecule has 0 aromatic carbocycles. The molecule has 2 aliphatic rings. The topological polar surface area (TPSA) is 49.8 Å². The molecule has 1 heterocycles. The SMILES string of the molecule is CCC1(OC(=O)N2CCC(O)CC2)CCCCC1. The van der Waals surface area contributed by atoms with Crippen molar-refractivity contribution < 1.29 is 14.6 Å². The lowest BCUT2D eigenvalue weighted by molar-refractivity contribution is -0.0419. The van der Waals surface area contributed by atoms with Crippen LogP contribution < -0.4 is 0 Å². The van der Waals surface area contributed by atoms with E-state index in [2.05, 4.69) is 6.92 Å². The zero-order chi connectivity index (χ0) is 13.0. The minimum Gasteiger partial charge on any atom is -0.443 e. The Labute approximate surface area is 109 Å². The van der Waals surface area contributed by atoms with Crippen molar-refractivity contribution in [3.05, 3.63) is 0 Å². The molecule has 1 amide bonds. The molecule has 18 heavy (non-hydrogen) atoms. The molecular weight excluding hydrogens is 230 g/mol. The molecule has 0 unspecified atom stereocenters. The zero-order valence-corrected chi connectivity index (χ0v) is 11.4. The Hall–Kier alpha value is -0.770. The maximum Gasteiger partial charge on any atom is 0.410 e. The average Bonchev–Trinajstić information content (AvgIpc) is 2.40. The zero-order valence-electron chi connectivity index (χ0n) is 11.4. The molecule has 2 rings (SSSR count). The van der Waals surface area contributed by atoms with Crippen LogP contribution in [0.2, 0.25) is 0 Å². The minimum absolute atomic E-state index is 0.175. The molecule has 4 heteroatoms. The van der Waals surface area contributed by atoms with Gasteiger partial charge in [0.25, 0.3) is 0 Å². The van der Waals surface area contributed by atoms with E-state index in [1.54, 1.807) is 4.90 Å². The lowest BCUT2D eigenvalue weighted by atomic mass is 9.83. The van der Waals surface area contributed by atoms with Crippen LogP contribution in [-0.4, -0.2) is 40.9 Å². The van der Waals surface area contributed by atoms with Gasteiger partial charge in [-0.1, -0.05) is 13.3 Å². The van der Waals surface area contributed by atoms with E-state index in [4.69, 9.17) is 4.74 Å². The summed E-state index contributed by atoms with van der Waals surface area (Å²) in [6, 6.07) is 0. The number of ether oxygens (including phenoxy) is 1. The van der Waals surface area contributed by atoms with E-state index in [1.165, 1.54) is 19.3 Å². The van der Waals surface area contributed by atoms with Crippen molar-refractivity contribution in [2.75, 3.05) is 13.1 Å². The molecule has 2 fully saturated rings. The van der Waals surface area contributed by atoms with E-state index >= 15 is 0 Å². The van der Waals surface area contributed by atoms with Crippen molar-refractivity contribution in [3.63, 3.8) is 0 Å². The normalized spacial score (nSPS) is 24.9. The molecule has 0 aromatic heterocycles. The predicted octanol–water partition coefficient (Wildman–Crippen LogP) is 2.69. The van der Waals surface area contributed by atoms with Crippen LogP contribution in [0.3, 0.4) is 0 Å². The highest BCUT2D eigenvalue weighted by Gasteiger charge is 2.36. The first-order valence-corrected chi connectivity index (χ1v) is 7.31. The van der Waals surface area contributed by atoms with Gasteiger partial charge in [0.1, 0.15) is 5.60 Å². The van der Waals surface area contributed by atoms with Gasteiger partial charge in [0.05, 0.1) is 6.10 Å². The molecule has 4 nitrogen and oxygen atoms in total. The Balaban J connectivity index is 1.89. The van der Waals surface area contributed by atoms with Gasteiger partial charge in [-0.15, -0.1) is 0 Å². The Morgan fingerprint density at radius 1 is 1.28 bits per heavy atom. The van der Waals surface area contributed by atoms with Crippen molar-refractivity contribution >= 4 is 6.09 Å². The van der Waals surface area contributed by atoms with E-state index in [-0.39, 0.29) is 17.8 Å². The fourth-order valence-electron chi connectivity index (χ4n) is 3.02. The van der Waals surface area contributed by atoms with Gasteiger partial charge >= 0.3 is 6.09 Å². The van der Waals surface area contributed by atoms with Crippen LogP contribution in [0.15, 0.2) is 0 Å². The second-order valence-corrected chi connectivity index (χ2v) is 5.68. The van der Waals surface area contributed by atoms with Gasteiger partial charge in [0.2, 0.25) is 0 Å². The van der Waals surface area contributed by atoms with Crippen LogP contribution in [0.25, 0.3) is 0 Å². The number of carbonyl (C=O) groups excluding carboxylic acids is 1. The average molecular weight is 255 g/mol. The number of carbonyl (C=O) groups is 1. The lowest BCUT2D eigenvalue weighted by Gasteiger charge is -2.38. The van der Waals surface area contributed by atoms with E-state index < -0.39 is 0 Å². The highest BCUT2D eigenvalue weighted by atomic mass is 16.6. The number of hydrogen-bond acceptors (Lipinski definition) is 3. The van der Waals surface area contributed by atoms with Crippen LogP contribution in [-0.2, 0) is 4.74 Å². The van der Waals surface area contributed by atoms with Crippen LogP contribution in [0, 0.1) is 0 Å². The Morgan fingerprint density at radius 2 is 1.89 bits per heavy atom. The highest BCUT2D eigenvalue weighted by molar-refractivity contribution is 5.68. The maximum atomic E-state index is 12.2. The summed E-state index contributed by atoms with van der Waals surface area (Å²) in [4.78, 5) is 13.9. The molecule has 1 saturated carbocycles. The highest BCUT2D eigenvalue weighted by Crippen LogP contribution is 2.35. The van der Waals surface area contributed by atoms with Crippen LogP contribution in [0.1, 0.15) is 58.3 Å². The van der Waals surface area contributed by atoms with E-state index in [0.717, 1.165) is 19.3 Å². The van der Waals surface area contributed by atoms with Crippen molar-refractivity contribution in [1.82, 2.24) is 4.90 Å². The molecular formula is C14H25NO3. The third kappa shape index (κ3) is 3.16. The second-order valence-electron chi connectivity index (χ2n) is 5.68. The molecule has 1 saturated heterocycles. The standard InChI is InChI=1S/C14H25NO3/c1-2-14(8-4-3-5-9-14)18-13(17)15-10-6-12(16)7-11-15/h12,16H,2-11H2,1H3. The van der Waals surface area contributed by atoms with Gasteiger partial charge in [-0.05, 0) is 44.9 Å². The summed E-state index contributed by atoms with van der Waals surface area (Å²) < 4.78 is 5.81. The molecule has 0 atom stereocenters. The number of piperidine rings is 1. The van der Waals surface area contributed by atoms with E-state index in [9.17, 15) is 9.90 Å². The summed E-state index contributed by atoms with van der Waals surface area (Å²) >= 11 is 0. The molecule has 104 valence electrons. The van der Waals surface area contributed by atoms with Gasteiger partial charge in [0, 0.05) is 13.1 Å². The fraction of sp³-hybridized carbons (Fsp3) is 0.929. The van der Waals surface area contributed by atoms with Crippen LogP contribution in [0.5, 0.6) is 0 Å². The van der Waals surface area contributed by atoms with E-state index in [0.29, 0.717) is 25.9 Å². The van der Waals surface area contributed by atoms with Gasteiger partial charge in [-0.3, -0.25) is 0 Å². The number of hydrogen-bond donors (Lipinski definition) is 1. The number of amides is 1. The first-order valence-electron chi connectivity index (χ1n) is 7.31. The first-order chi connectivity index (χ1) is 8.65. The summed E-state index contributed by atoms with van der Waals surface area (Å²) in [7, 11) is 0. The fourth-order valence-corrected chi connectivity index (χ4v) is 3.02. The lowest BCUT2D eigenvalue weighted by Crippen LogP contribution is -2.45. The summed E-state index contributed by atoms with van der Waals surface area (Å²) in [5, 5.41) is 9.45. The summed E-state index contributed by atoms with van der Waals surface area (Å²) in [6.07, 6.45) is 7.44. The van der Waals surface area contributed by atoms with Crippen molar-refractivity contribution in [1.29, 1.82) is 0 Å². The van der Waals surface area contributed by atoms with Crippen molar-refractivity contribution in [3.8, 4) is 0 Å². The number of rotatable bonds is 2. The van der Waals surface area contributed by atoms with Crippen LogP contribution in [0.4, 0.5) is 4.79 Å². The smallest absolute Gasteiger partial charge is 0.410 e. The largest absolute Gasteiger partial charge is 0.443 e. The molecule has 1 aliphatic carbocycles.